The summed E-state index contributed by atoms with van der Waals surface area (Å²) >= 11 is 0. The largest absolute Gasteiger partial charge is 0.479 e. The zero-order chi connectivity index (χ0) is 51.8. The van der Waals surface area contributed by atoms with Crippen LogP contribution in [0.2, 0.25) is 0 Å². The van der Waals surface area contributed by atoms with Crippen LogP contribution in [0, 0.1) is 11.8 Å². The molecule has 17 unspecified atom stereocenters. The minimum absolute atomic E-state index is 0.0321. The molecule has 70 heavy (non-hydrogen) atoms. The van der Waals surface area contributed by atoms with Crippen molar-refractivity contribution in [2.75, 3.05) is 19.8 Å². The molecule has 9 N–H and O–H groups in total. The van der Waals surface area contributed by atoms with Gasteiger partial charge < -0.3 is 83.9 Å². The van der Waals surface area contributed by atoms with Gasteiger partial charge in [0.1, 0.15) is 61.5 Å². The van der Waals surface area contributed by atoms with Crippen LogP contribution in [0.15, 0.2) is 0 Å². The fraction of sp³-hybridized carbons (Fsp3) is 0.940. The highest BCUT2D eigenvalue weighted by Gasteiger charge is 2.52. The van der Waals surface area contributed by atoms with Crippen molar-refractivity contribution in [1.29, 1.82) is 0 Å². The van der Waals surface area contributed by atoms with Crippen LogP contribution in [-0.4, -0.2) is 182 Å². The SMILES string of the molecule is CCCCC(CCCC(O)C(C)CCCCCCCCCCCCCCC(O)C(=O)O)OC1OCC(O)C(O)C1OC1OCC(O)C(O)C1OC1OC(COC(=O)CC(C)C)C(OC(C)=O)C(O)C1O. The molecule has 17 atom stereocenters. The molecule has 0 spiro atoms. The van der Waals surface area contributed by atoms with Gasteiger partial charge in [-0.25, -0.2) is 4.79 Å². The Bertz CT molecular complexity index is 1440. The first-order valence-corrected chi connectivity index (χ1v) is 26.2. The standard InChI is InChI=1S/C50H90O20/c1-6-7-22-33(23-20-25-34(52)31(4)21-18-16-14-12-10-8-9-11-13-15-17-19-24-35(53)47(61)62)67-49-45(40(57)36(54)27-64-49)70-50-46(41(58)37(55)28-65-50)69-48-43(60)42(59)44(66-32(5)51)38(68-48)29-63-39(56)26-30(2)3/h30-31,33-38,40-46,48-50,52-55,57-60H,6-29H2,1-5H3,(H,61,62). The quantitative estimate of drug-likeness (QED) is 0.0324. The summed E-state index contributed by atoms with van der Waals surface area (Å²) in [5.74, 6) is -2.46. The van der Waals surface area contributed by atoms with Gasteiger partial charge in [-0.3, -0.25) is 9.59 Å². The highest BCUT2D eigenvalue weighted by Crippen LogP contribution is 2.33. The Morgan fingerprint density at radius 2 is 1.11 bits per heavy atom. The first-order chi connectivity index (χ1) is 33.3. The molecule has 0 aromatic heterocycles. The van der Waals surface area contributed by atoms with Crippen LogP contribution in [0.25, 0.3) is 0 Å². The summed E-state index contributed by atoms with van der Waals surface area (Å²) in [6.45, 7) is 7.61. The first kappa shape index (κ1) is 62.1. The monoisotopic (exact) mass is 1010 g/mol. The number of aliphatic hydroxyl groups excluding tert-OH is 8. The Balaban J connectivity index is 1.52. The van der Waals surface area contributed by atoms with Gasteiger partial charge >= 0.3 is 17.9 Å². The zero-order valence-corrected chi connectivity index (χ0v) is 42.4. The van der Waals surface area contributed by atoms with Crippen LogP contribution in [0.5, 0.6) is 0 Å². The summed E-state index contributed by atoms with van der Waals surface area (Å²) in [5, 5.41) is 95.2. The molecule has 20 nitrogen and oxygen atoms in total. The molecule has 3 aliphatic heterocycles. The van der Waals surface area contributed by atoms with Gasteiger partial charge in [0.25, 0.3) is 0 Å². The number of carboxylic acids is 1. The minimum atomic E-state index is -1.90. The van der Waals surface area contributed by atoms with E-state index in [-0.39, 0.29) is 31.0 Å². The average molecular weight is 1010 g/mol. The zero-order valence-electron chi connectivity index (χ0n) is 42.4. The third-order valence-corrected chi connectivity index (χ3v) is 13.4. The molecule has 3 rings (SSSR count). The molecule has 0 aromatic carbocycles. The fourth-order valence-electron chi connectivity index (χ4n) is 9.05. The molecule has 20 heteroatoms. The van der Waals surface area contributed by atoms with E-state index in [2.05, 4.69) is 6.92 Å². The second-order valence-corrected chi connectivity index (χ2v) is 20.1. The number of carboxylic acid groups (broad SMARTS) is 1. The van der Waals surface area contributed by atoms with Gasteiger partial charge in [-0.1, -0.05) is 118 Å². The van der Waals surface area contributed by atoms with Gasteiger partial charge in [0.15, 0.2) is 31.1 Å². The first-order valence-electron chi connectivity index (χ1n) is 26.2. The van der Waals surface area contributed by atoms with Crippen molar-refractivity contribution in [3.05, 3.63) is 0 Å². The van der Waals surface area contributed by atoms with E-state index in [1.54, 1.807) is 0 Å². The molecule has 3 saturated heterocycles. The number of carbonyl (C=O) groups is 3. The van der Waals surface area contributed by atoms with E-state index in [0.717, 1.165) is 71.1 Å². The van der Waals surface area contributed by atoms with E-state index in [1.165, 1.54) is 32.1 Å². The Hall–Kier alpha value is -2.15. The van der Waals surface area contributed by atoms with E-state index in [1.807, 2.05) is 20.8 Å². The molecule has 0 saturated carbocycles. The van der Waals surface area contributed by atoms with Gasteiger partial charge in [-0.2, -0.15) is 0 Å². The third kappa shape index (κ3) is 22.1. The second-order valence-electron chi connectivity index (χ2n) is 20.1. The fourth-order valence-corrected chi connectivity index (χ4v) is 9.05. The average Bonchev–Trinajstić information content (AvgIpc) is 3.31. The number of hydrogen-bond donors (Lipinski definition) is 9. The lowest BCUT2D eigenvalue weighted by Gasteiger charge is -2.46. The molecular weight excluding hydrogens is 921 g/mol. The summed E-state index contributed by atoms with van der Waals surface area (Å²) < 4.78 is 46.7. The van der Waals surface area contributed by atoms with Crippen LogP contribution in [0.3, 0.4) is 0 Å². The van der Waals surface area contributed by atoms with Crippen LogP contribution >= 0.6 is 0 Å². The number of ether oxygens (including phenoxy) is 8. The maximum Gasteiger partial charge on any atom is 0.332 e. The molecule has 3 heterocycles. The normalized spacial score (nSPS) is 31.2. The minimum Gasteiger partial charge on any atom is -0.479 e. The van der Waals surface area contributed by atoms with Gasteiger partial charge in [0.2, 0.25) is 0 Å². The predicted molar refractivity (Wildman–Crippen MR) is 252 cm³/mol. The van der Waals surface area contributed by atoms with Crippen LogP contribution in [0.4, 0.5) is 0 Å². The third-order valence-electron chi connectivity index (χ3n) is 13.4. The maximum atomic E-state index is 12.4. The summed E-state index contributed by atoms with van der Waals surface area (Å²) in [5.41, 5.74) is 0. The Morgan fingerprint density at radius 1 is 0.600 bits per heavy atom. The van der Waals surface area contributed by atoms with Crippen molar-refractivity contribution in [2.45, 2.75) is 268 Å². The lowest BCUT2D eigenvalue weighted by molar-refractivity contribution is -0.380. The van der Waals surface area contributed by atoms with Crippen molar-refractivity contribution in [3.63, 3.8) is 0 Å². The highest BCUT2D eigenvalue weighted by molar-refractivity contribution is 5.71. The van der Waals surface area contributed by atoms with E-state index >= 15 is 0 Å². The van der Waals surface area contributed by atoms with Crippen molar-refractivity contribution in [3.8, 4) is 0 Å². The van der Waals surface area contributed by atoms with Crippen LogP contribution < -0.4 is 0 Å². The molecule has 0 aliphatic carbocycles. The summed E-state index contributed by atoms with van der Waals surface area (Å²) in [6.07, 6.45) is -4.02. The van der Waals surface area contributed by atoms with Gasteiger partial charge in [0.05, 0.1) is 25.4 Å². The highest BCUT2D eigenvalue weighted by atomic mass is 16.8. The summed E-state index contributed by atoms with van der Waals surface area (Å²) in [6, 6.07) is 0. The lowest BCUT2D eigenvalue weighted by atomic mass is 9.92. The van der Waals surface area contributed by atoms with Crippen molar-refractivity contribution < 1.29 is 98.2 Å². The van der Waals surface area contributed by atoms with Crippen LogP contribution in [0.1, 0.15) is 169 Å². The van der Waals surface area contributed by atoms with Gasteiger partial charge in [-0.15, -0.1) is 0 Å². The molecule has 3 aliphatic rings. The number of hydrogen-bond acceptors (Lipinski definition) is 19. The van der Waals surface area contributed by atoms with Crippen molar-refractivity contribution in [2.24, 2.45) is 11.8 Å². The van der Waals surface area contributed by atoms with Crippen molar-refractivity contribution in [1.82, 2.24) is 0 Å². The predicted octanol–water partition coefficient (Wildman–Crippen LogP) is 3.53. The number of unbranched alkanes of at least 4 members (excludes halogenated alkanes) is 12. The number of carbonyl (C=O) groups excluding carboxylic acids is 2. The Labute approximate surface area is 414 Å². The van der Waals surface area contributed by atoms with Crippen LogP contribution in [-0.2, 0) is 52.3 Å². The molecule has 410 valence electrons. The van der Waals surface area contributed by atoms with E-state index in [4.69, 9.17) is 43.0 Å². The molecular formula is C50H90O20. The number of rotatable bonds is 35. The van der Waals surface area contributed by atoms with E-state index < -0.39 is 123 Å². The molecule has 0 amide bonds. The summed E-state index contributed by atoms with van der Waals surface area (Å²) in [4.78, 5) is 35.0. The maximum absolute atomic E-state index is 12.4. The molecule has 3 fully saturated rings. The second kappa shape index (κ2) is 33.6. The van der Waals surface area contributed by atoms with Gasteiger partial charge in [-0.05, 0) is 50.4 Å². The number of esters is 2. The van der Waals surface area contributed by atoms with E-state index in [0.29, 0.717) is 32.1 Å². The Morgan fingerprint density at radius 3 is 1.66 bits per heavy atom. The summed E-state index contributed by atoms with van der Waals surface area (Å²) in [7, 11) is 0. The van der Waals surface area contributed by atoms with E-state index in [9.17, 15) is 55.2 Å². The topological polar surface area (TPSA) is 307 Å². The molecule has 0 bridgehead atoms. The molecule has 0 radical (unpaired) electrons. The smallest absolute Gasteiger partial charge is 0.332 e. The van der Waals surface area contributed by atoms with Gasteiger partial charge in [0, 0.05) is 13.3 Å². The lowest BCUT2D eigenvalue weighted by Crippen LogP contribution is -2.65. The number of aliphatic hydroxyl groups is 8. The van der Waals surface area contributed by atoms with Crippen molar-refractivity contribution >= 4 is 17.9 Å². The molecule has 0 aromatic rings. The number of aliphatic carboxylic acids is 1. The Kier molecular flexibility index (Phi) is 29.9.